The van der Waals surface area contributed by atoms with Crippen molar-refractivity contribution in [3.8, 4) is 0 Å². The third-order valence-electron chi connectivity index (χ3n) is 4.10. The molecule has 0 aliphatic heterocycles. The van der Waals surface area contributed by atoms with Crippen molar-refractivity contribution < 1.29 is 0 Å². The van der Waals surface area contributed by atoms with Gasteiger partial charge in [0.25, 0.3) is 0 Å². The van der Waals surface area contributed by atoms with Gasteiger partial charge in [0.1, 0.15) is 0 Å². The lowest BCUT2D eigenvalue weighted by Gasteiger charge is -2.18. The quantitative estimate of drug-likeness (QED) is 0.620. The van der Waals surface area contributed by atoms with Crippen LogP contribution < -0.4 is 5.32 Å². The first-order valence-electron chi connectivity index (χ1n) is 6.69. The normalized spacial score (nSPS) is 30.3. The number of hydrogen-bond acceptors (Lipinski definition) is 2. The van der Waals surface area contributed by atoms with Crippen LogP contribution in [-0.4, -0.2) is 22.9 Å². The Bertz CT molecular complexity index is 407. The fourth-order valence-electron chi connectivity index (χ4n) is 3.20. The zero-order valence-corrected chi connectivity index (χ0v) is 10.5. The van der Waals surface area contributed by atoms with Gasteiger partial charge in [-0.25, -0.2) is 0 Å². The van der Waals surface area contributed by atoms with Crippen molar-refractivity contribution in [2.24, 2.45) is 17.8 Å². The topological polar surface area (TPSA) is 29.9 Å². The van der Waals surface area contributed by atoms with Crippen molar-refractivity contribution in [3.63, 3.8) is 0 Å². The van der Waals surface area contributed by atoms with E-state index in [1.165, 1.54) is 24.9 Å². The van der Waals surface area contributed by atoms with E-state index < -0.39 is 0 Å². The molecule has 1 aromatic heterocycles. The predicted molar refractivity (Wildman–Crippen MR) is 68.7 cm³/mol. The molecule has 3 heteroatoms. The summed E-state index contributed by atoms with van der Waals surface area (Å²) in [7, 11) is 0. The molecule has 92 valence electrons. The molecule has 0 saturated heterocycles. The van der Waals surface area contributed by atoms with E-state index in [-0.39, 0.29) is 0 Å². The summed E-state index contributed by atoms with van der Waals surface area (Å²) in [5.41, 5.74) is 1.24. The number of aryl methyl sites for hydroxylation is 1. The van der Waals surface area contributed by atoms with Crippen LogP contribution in [0, 0.1) is 24.7 Å². The highest BCUT2D eigenvalue weighted by Gasteiger charge is 2.34. The minimum absolute atomic E-state index is 0.861. The molecular weight excluding hydrogens is 210 g/mol. The van der Waals surface area contributed by atoms with E-state index in [2.05, 4.69) is 35.7 Å². The molecule has 2 aliphatic rings. The number of fused-ring (bicyclic) bond motifs is 2. The Labute approximate surface area is 103 Å². The highest BCUT2D eigenvalue weighted by molar-refractivity contribution is 5.10. The van der Waals surface area contributed by atoms with Crippen molar-refractivity contribution in [2.75, 3.05) is 13.1 Å². The molecule has 3 rings (SSSR count). The molecule has 1 fully saturated rings. The maximum absolute atomic E-state index is 4.29. The molecule has 1 heterocycles. The van der Waals surface area contributed by atoms with Crippen molar-refractivity contribution in [1.29, 1.82) is 0 Å². The molecule has 1 aromatic rings. The Hall–Kier alpha value is -1.09. The Morgan fingerprint density at radius 2 is 2.35 bits per heavy atom. The summed E-state index contributed by atoms with van der Waals surface area (Å²) in [4.78, 5) is 0. The van der Waals surface area contributed by atoms with Crippen LogP contribution in [0.25, 0.3) is 0 Å². The minimum atomic E-state index is 0.861. The van der Waals surface area contributed by atoms with Gasteiger partial charge >= 0.3 is 0 Å². The van der Waals surface area contributed by atoms with Crippen molar-refractivity contribution in [3.05, 3.63) is 30.1 Å². The summed E-state index contributed by atoms with van der Waals surface area (Å²) < 4.78 is 2.02. The van der Waals surface area contributed by atoms with Crippen LogP contribution in [0.4, 0.5) is 0 Å². The van der Waals surface area contributed by atoms with Crippen molar-refractivity contribution >= 4 is 0 Å². The number of aromatic nitrogens is 2. The summed E-state index contributed by atoms with van der Waals surface area (Å²) in [5.74, 6) is 2.63. The van der Waals surface area contributed by atoms with Crippen molar-refractivity contribution in [2.45, 2.75) is 26.3 Å². The van der Waals surface area contributed by atoms with Crippen LogP contribution in [0.1, 0.15) is 18.4 Å². The van der Waals surface area contributed by atoms with Crippen LogP contribution in [0.5, 0.6) is 0 Å². The Morgan fingerprint density at radius 3 is 3.00 bits per heavy atom. The maximum Gasteiger partial charge on any atom is 0.0534 e. The van der Waals surface area contributed by atoms with Crippen LogP contribution in [0.15, 0.2) is 24.5 Å². The Balaban J connectivity index is 1.37. The zero-order valence-electron chi connectivity index (χ0n) is 10.5. The van der Waals surface area contributed by atoms with Crippen LogP contribution in [0.2, 0.25) is 0 Å². The minimum Gasteiger partial charge on any atom is -0.315 e. The third-order valence-corrected chi connectivity index (χ3v) is 4.10. The molecule has 3 nitrogen and oxygen atoms in total. The number of allylic oxidation sites excluding steroid dienone is 2. The average Bonchev–Trinajstić information content (AvgIpc) is 3.00. The molecule has 0 radical (unpaired) electrons. The molecule has 0 amide bonds. The van der Waals surface area contributed by atoms with E-state index in [1.54, 1.807) is 0 Å². The van der Waals surface area contributed by atoms with Gasteiger partial charge in [0, 0.05) is 12.7 Å². The summed E-state index contributed by atoms with van der Waals surface area (Å²) in [5, 5.41) is 7.86. The first-order valence-corrected chi connectivity index (χ1v) is 6.69. The average molecular weight is 231 g/mol. The number of hydrogen-bond donors (Lipinski definition) is 1. The molecule has 3 atom stereocenters. The summed E-state index contributed by atoms with van der Waals surface area (Å²) in [6.45, 7) is 5.26. The van der Waals surface area contributed by atoms with E-state index in [1.807, 2.05) is 10.9 Å². The second-order valence-electron chi connectivity index (χ2n) is 5.53. The molecule has 1 saturated carbocycles. The van der Waals surface area contributed by atoms with Crippen molar-refractivity contribution in [1.82, 2.24) is 15.1 Å². The lowest BCUT2D eigenvalue weighted by Crippen LogP contribution is -2.28. The molecule has 1 N–H and O–H groups in total. The largest absolute Gasteiger partial charge is 0.315 e. The monoisotopic (exact) mass is 231 g/mol. The second-order valence-corrected chi connectivity index (χ2v) is 5.53. The highest BCUT2D eigenvalue weighted by atomic mass is 15.3. The Morgan fingerprint density at radius 1 is 1.41 bits per heavy atom. The van der Waals surface area contributed by atoms with E-state index in [0.717, 1.165) is 30.8 Å². The molecular formula is C14H21N3. The molecule has 17 heavy (non-hydrogen) atoms. The van der Waals surface area contributed by atoms with Gasteiger partial charge in [0.05, 0.1) is 12.7 Å². The number of rotatable bonds is 5. The van der Waals surface area contributed by atoms with E-state index in [9.17, 15) is 0 Å². The summed E-state index contributed by atoms with van der Waals surface area (Å²) in [6, 6.07) is 0. The second kappa shape index (κ2) is 4.65. The molecule has 2 aliphatic carbocycles. The molecule has 3 unspecified atom stereocenters. The zero-order chi connectivity index (χ0) is 11.7. The highest BCUT2D eigenvalue weighted by Crippen LogP contribution is 2.42. The van der Waals surface area contributed by atoms with E-state index in [0.29, 0.717) is 0 Å². The molecule has 0 aromatic carbocycles. The first kappa shape index (κ1) is 11.0. The van der Waals surface area contributed by atoms with Gasteiger partial charge in [-0.1, -0.05) is 12.2 Å². The van der Waals surface area contributed by atoms with E-state index in [4.69, 9.17) is 0 Å². The van der Waals surface area contributed by atoms with Gasteiger partial charge in [-0.15, -0.1) is 0 Å². The van der Waals surface area contributed by atoms with Gasteiger partial charge in [-0.3, -0.25) is 4.68 Å². The predicted octanol–water partition coefficient (Wildman–Crippen LogP) is 1.99. The lowest BCUT2D eigenvalue weighted by atomic mass is 9.94. The maximum atomic E-state index is 4.29. The van der Waals surface area contributed by atoms with Gasteiger partial charge in [-0.2, -0.15) is 5.10 Å². The summed E-state index contributed by atoms with van der Waals surface area (Å²) >= 11 is 0. The smallest absolute Gasteiger partial charge is 0.0534 e. The van der Waals surface area contributed by atoms with Gasteiger partial charge in [0.15, 0.2) is 0 Å². The fraction of sp³-hybridized carbons (Fsp3) is 0.643. The molecule has 2 bridgehead atoms. The fourth-order valence-corrected chi connectivity index (χ4v) is 3.20. The lowest BCUT2D eigenvalue weighted by molar-refractivity contribution is 0.406. The number of nitrogens with one attached hydrogen (secondary N) is 1. The SMILES string of the molecule is Cc1cnn(CCNCC2CC3C=CC2C3)c1. The standard InChI is InChI=1S/C14H21N3/c1-11-8-16-17(10-11)5-4-15-9-14-7-12-2-3-13(14)6-12/h2-3,8,10,12-15H,4-7,9H2,1H3. The van der Waals surface area contributed by atoms with E-state index >= 15 is 0 Å². The first-order chi connectivity index (χ1) is 8.31. The molecule has 0 spiro atoms. The summed E-state index contributed by atoms with van der Waals surface area (Å²) in [6.07, 6.45) is 11.7. The van der Waals surface area contributed by atoms with Gasteiger partial charge in [0.2, 0.25) is 0 Å². The Kier molecular flexibility index (Phi) is 3.02. The van der Waals surface area contributed by atoms with Crippen LogP contribution in [0.3, 0.4) is 0 Å². The van der Waals surface area contributed by atoms with Crippen LogP contribution >= 0.6 is 0 Å². The third kappa shape index (κ3) is 2.44. The van der Waals surface area contributed by atoms with Gasteiger partial charge in [-0.05, 0) is 49.6 Å². The van der Waals surface area contributed by atoms with Crippen LogP contribution in [-0.2, 0) is 6.54 Å². The van der Waals surface area contributed by atoms with Gasteiger partial charge < -0.3 is 5.32 Å². The number of nitrogens with zero attached hydrogens (tertiary/aromatic N) is 2.